The Bertz CT molecular complexity index is 899. The normalized spacial score (nSPS) is 11.0. The molecule has 0 saturated carbocycles. The van der Waals surface area contributed by atoms with Crippen molar-refractivity contribution in [2.24, 2.45) is 0 Å². The maximum Gasteiger partial charge on any atom is 0.0885 e. The number of hydrogen-bond acceptors (Lipinski definition) is 2. The van der Waals surface area contributed by atoms with Crippen LogP contribution >= 0.6 is 0 Å². The van der Waals surface area contributed by atoms with E-state index < -0.39 is 0 Å². The molecule has 0 amide bonds. The first-order chi connectivity index (χ1) is 9.90. The van der Waals surface area contributed by atoms with Gasteiger partial charge in [-0.15, -0.1) is 0 Å². The first kappa shape index (κ1) is 11.1. The summed E-state index contributed by atoms with van der Waals surface area (Å²) >= 11 is 0. The van der Waals surface area contributed by atoms with Gasteiger partial charge >= 0.3 is 0 Å². The highest BCUT2D eigenvalue weighted by Gasteiger charge is 2.02. The van der Waals surface area contributed by atoms with Crippen LogP contribution in [0.5, 0.6) is 0 Å². The summed E-state index contributed by atoms with van der Waals surface area (Å²) < 4.78 is 0. The average molecular weight is 256 g/mol. The van der Waals surface area contributed by atoms with Gasteiger partial charge in [-0.2, -0.15) is 0 Å². The summed E-state index contributed by atoms with van der Waals surface area (Å²) in [5, 5.41) is 5.01. The van der Waals surface area contributed by atoms with E-state index in [2.05, 4.69) is 64.6 Å². The third-order valence-electron chi connectivity index (χ3n) is 3.56. The monoisotopic (exact) mass is 256 g/mol. The molecule has 0 aliphatic carbocycles. The second kappa shape index (κ2) is 4.42. The fourth-order valence-electron chi connectivity index (χ4n) is 2.55. The van der Waals surface area contributed by atoms with E-state index in [1.54, 1.807) is 18.6 Å². The molecular formula is C18H12N2. The van der Waals surface area contributed by atoms with E-state index in [4.69, 9.17) is 0 Å². The van der Waals surface area contributed by atoms with Crippen molar-refractivity contribution in [3.63, 3.8) is 0 Å². The van der Waals surface area contributed by atoms with Crippen molar-refractivity contribution in [2.45, 2.75) is 0 Å². The van der Waals surface area contributed by atoms with Gasteiger partial charge in [-0.3, -0.25) is 9.97 Å². The predicted octanol–water partition coefficient (Wildman–Crippen LogP) is 4.45. The predicted molar refractivity (Wildman–Crippen MR) is 82.5 cm³/mol. The largest absolute Gasteiger partial charge is 0.261 e. The lowest BCUT2D eigenvalue weighted by Crippen LogP contribution is -1.84. The molecule has 0 aliphatic heterocycles. The van der Waals surface area contributed by atoms with Crippen molar-refractivity contribution >= 4 is 21.5 Å². The molecule has 94 valence electrons. The van der Waals surface area contributed by atoms with Crippen molar-refractivity contribution in [1.82, 2.24) is 9.97 Å². The first-order valence-corrected chi connectivity index (χ1v) is 6.59. The number of hydrogen-bond donors (Lipinski definition) is 0. The van der Waals surface area contributed by atoms with E-state index >= 15 is 0 Å². The summed E-state index contributed by atoms with van der Waals surface area (Å²) in [4.78, 5) is 8.48. The van der Waals surface area contributed by atoms with Crippen molar-refractivity contribution in [3.05, 3.63) is 73.2 Å². The Morgan fingerprint density at radius 2 is 1.40 bits per heavy atom. The van der Waals surface area contributed by atoms with E-state index in [9.17, 15) is 0 Å². The lowest BCUT2D eigenvalue weighted by atomic mass is 10.0. The summed E-state index contributed by atoms with van der Waals surface area (Å²) in [5.41, 5.74) is 2.00. The molecule has 4 rings (SSSR count). The van der Waals surface area contributed by atoms with E-state index in [1.165, 1.54) is 21.5 Å². The Morgan fingerprint density at radius 3 is 2.15 bits per heavy atom. The number of benzene rings is 3. The van der Waals surface area contributed by atoms with Crippen LogP contribution in [0.25, 0.3) is 32.8 Å². The van der Waals surface area contributed by atoms with E-state index in [0.29, 0.717) is 0 Å². The van der Waals surface area contributed by atoms with Crippen LogP contribution in [0.4, 0.5) is 0 Å². The quantitative estimate of drug-likeness (QED) is 0.470. The van der Waals surface area contributed by atoms with Gasteiger partial charge in [-0.25, -0.2) is 0 Å². The Kier molecular flexibility index (Phi) is 2.46. The van der Waals surface area contributed by atoms with E-state index in [-0.39, 0.29) is 0 Å². The number of aromatic nitrogens is 2. The molecule has 2 nitrogen and oxygen atoms in total. The van der Waals surface area contributed by atoms with Gasteiger partial charge < -0.3 is 0 Å². The molecule has 0 radical (unpaired) electrons. The van der Waals surface area contributed by atoms with Crippen LogP contribution in [-0.4, -0.2) is 9.97 Å². The van der Waals surface area contributed by atoms with Crippen LogP contribution in [-0.2, 0) is 0 Å². The molecule has 1 aromatic heterocycles. The molecule has 0 bridgehead atoms. The lowest BCUT2D eigenvalue weighted by molar-refractivity contribution is 1.21. The average Bonchev–Trinajstić information content (AvgIpc) is 2.53. The van der Waals surface area contributed by atoms with Crippen LogP contribution in [0.2, 0.25) is 0 Å². The smallest absolute Gasteiger partial charge is 0.0885 e. The van der Waals surface area contributed by atoms with Gasteiger partial charge in [0.15, 0.2) is 0 Å². The minimum atomic E-state index is 0.905. The molecule has 0 saturated heterocycles. The van der Waals surface area contributed by atoms with Gasteiger partial charge in [0.05, 0.1) is 11.9 Å². The molecular weight excluding hydrogens is 244 g/mol. The molecule has 0 unspecified atom stereocenters. The number of fused-ring (bicyclic) bond motifs is 2. The zero-order valence-corrected chi connectivity index (χ0v) is 10.8. The van der Waals surface area contributed by atoms with Crippen LogP contribution in [0, 0.1) is 0 Å². The van der Waals surface area contributed by atoms with Crippen LogP contribution < -0.4 is 0 Å². The maximum absolute atomic E-state index is 4.36. The second-order valence-corrected chi connectivity index (χ2v) is 4.85. The minimum Gasteiger partial charge on any atom is -0.261 e. The Balaban J connectivity index is 1.97. The topological polar surface area (TPSA) is 25.8 Å². The molecule has 0 spiro atoms. The summed E-state index contributed by atoms with van der Waals surface area (Å²) in [7, 11) is 0. The molecule has 3 aromatic carbocycles. The zero-order valence-electron chi connectivity index (χ0n) is 10.8. The Labute approximate surface area is 116 Å². The van der Waals surface area contributed by atoms with Gasteiger partial charge in [0.1, 0.15) is 0 Å². The molecule has 20 heavy (non-hydrogen) atoms. The maximum atomic E-state index is 4.36. The fourth-order valence-corrected chi connectivity index (χ4v) is 2.55. The Hall–Kier alpha value is -2.74. The summed E-state index contributed by atoms with van der Waals surface area (Å²) in [6.45, 7) is 0. The Morgan fingerprint density at radius 1 is 0.650 bits per heavy atom. The van der Waals surface area contributed by atoms with Gasteiger partial charge in [0.25, 0.3) is 0 Å². The van der Waals surface area contributed by atoms with Crippen LogP contribution in [0.1, 0.15) is 0 Å². The van der Waals surface area contributed by atoms with Crippen LogP contribution in [0.3, 0.4) is 0 Å². The van der Waals surface area contributed by atoms with E-state index in [0.717, 1.165) is 11.3 Å². The second-order valence-electron chi connectivity index (χ2n) is 4.85. The summed E-state index contributed by atoms with van der Waals surface area (Å²) in [6.07, 6.45) is 5.21. The molecule has 0 N–H and O–H groups in total. The number of rotatable bonds is 1. The third kappa shape index (κ3) is 1.82. The van der Waals surface area contributed by atoms with E-state index in [1.807, 2.05) is 0 Å². The third-order valence-corrected chi connectivity index (χ3v) is 3.56. The molecule has 2 heteroatoms. The molecule has 0 fully saturated rings. The van der Waals surface area contributed by atoms with Gasteiger partial charge in [-0.05, 0) is 39.7 Å². The van der Waals surface area contributed by atoms with Crippen molar-refractivity contribution < 1.29 is 0 Å². The highest BCUT2D eigenvalue weighted by atomic mass is 14.8. The zero-order chi connectivity index (χ0) is 13.4. The lowest BCUT2D eigenvalue weighted by Gasteiger charge is -2.05. The number of nitrogens with zero attached hydrogens (tertiary/aromatic N) is 2. The van der Waals surface area contributed by atoms with Gasteiger partial charge in [-0.1, -0.05) is 36.4 Å². The van der Waals surface area contributed by atoms with Crippen molar-refractivity contribution in [1.29, 1.82) is 0 Å². The highest BCUT2D eigenvalue weighted by molar-refractivity contribution is 5.99. The molecule has 0 aliphatic rings. The molecule has 1 heterocycles. The van der Waals surface area contributed by atoms with Crippen LogP contribution in [0.15, 0.2) is 73.2 Å². The highest BCUT2D eigenvalue weighted by Crippen LogP contribution is 2.26. The van der Waals surface area contributed by atoms with Gasteiger partial charge in [0, 0.05) is 18.0 Å². The standard InChI is InChI=1S/C18H12N2/c1-2-4-14-10-17-11-16(18-12-19-7-8-20-18)6-5-15(17)9-13(14)3-1/h1-12H. The summed E-state index contributed by atoms with van der Waals surface area (Å²) in [6, 6.07) is 19.3. The molecule has 4 aromatic rings. The summed E-state index contributed by atoms with van der Waals surface area (Å²) in [5.74, 6) is 0. The van der Waals surface area contributed by atoms with Gasteiger partial charge in [0.2, 0.25) is 0 Å². The molecule has 0 atom stereocenters. The van der Waals surface area contributed by atoms with Crippen molar-refractivity contribution in [2.75, 3.05) is 0 Å². The minimum absolute atomic E-state index is 0.905. The van der Waals surface area contributed by atoms with Crippen molar-refractivity contribution in [3.8, 4) is 11.3 Å². The SMILES string of the molecule is c1ccc2cc3cc(-c4cnccn4)ccc3cc2c1. The fraction of sp³-hybridized carbons (Fsp3) is 0. The first-order valence-electron chi connectivity index (χ1n) is 6.59.